The molecule has 0 bridgehead atoms. The van der Waals surface area contributed by atoms with Crippen LogP contribution in [0.3, 0.4) is 0 Å². The fraction of sp³-hybridized carbons (Fsp3) is 0.667. The molecule has 0 spiro atoms. The summed E-state index contributed by atoms with van der Waals surface area (Å²) in [6.45, 7) is 1.03. The van der Waals surface area contributed by atoms with E-state index in [4.69, 9.17) is 18.6 Å². The van der Waals surface area contributed by atoms with Gasteiger partial charge in [-0.1, -0.05) is 0 Å². The Hall–Kier alpha value is 1.31. The van der Waals surface area contributed by atoms with Crippen LogP contribution in [0, 0.1) is 0 Å². The van der Waals surface area contributed by atoms with Crippen LogP contribution < -0.4 is 0 Å². The van der Waals surface area contributed by atoms with Crippen LogP contribution >= 0.6 is 30.4 Å². The summed E-state index contributed by atoms with van der Waals surface area (Å²) in [7, 11) is 9.78. The molecule has 0 amide bonds. The van der Waals surface area contributed by atoms with E-state index >= 15 is 0 Å². The topological polar surface area (TPSA) is 12.4 Å². The first-order valence-corrected chi connectivity index (χ1v) is 7.32. The van der Waals surface area contributed by atoms with Crippen molar-refractivity contribution in [3.63, 3.8) is 0 Å². The Morgan fingerprint density at radius 2 is 2.25 bits per heavy atom. The average molecular weight is 206 g/mol. The van der Waals surface area contributed by atoms with Gasteiger partial charge in [-0.25, -0.2) is 0 Å². The Bertz CT molecular complexity index is 64.3. The number of aliphatic imine (C=N–C) groups is 1. The zero-order valence-electron chi connectivity index (χ0n) is 4.10. The van der Waals surface area contributed by atoms with Gasteiger partial charge in [0.1, 0.15) is 0 Å². The van der Waals surface area contributed by atoms with Gasteiger partial charge in [0.15, 0.2) is 0 Å². The molecule has 1 aliphatic rings. The van der Waals surface area contributed by atoms with Gasteiger partial charge < -0.3 is 0 Å². The molecule has 46 valence electrons. The average Bonchev–Trinajstić information content (AvgIpc) is 2.17. The van der Waals surface area contributed by atoms with Crippen molar-refractivity contribution >= 4 is 35.9 Å². The van der Waals surface area contributed by atoms with Crippen LogP contribution in [0.15, 0.2) is 4.99 Å². The second-order valence-corrected chi connectivity index (χ2v) is 4.49. The van der Waals surface area contributed by atoms with Gasteiger partial charge in [-0.3, -0.25) is 4.99 Å². The maximum atomic E-state index is 4.89. The second-order valence-electron chi connectivity index (χ2n) is 0.954. The van der Waals surface area contributed by atoms with Crippen LogP contribution in [-0.2, 0) is 17.0 Å². The summed E-state index contributed by atoms with van der Waals surface area (Å²) in [5.74, 6) is 1.19. The van der Waals surface area contributed by atoms with Gasteiger partial charge in [0.05, 0.1) is 5.55 Å². The third-order valence-electron chi connectivity index (χ3n) is 0.487. The van der Waals surface area contributed by atoms with Crippen molar-refractivity contribution in [2.24, 2.45) is 4.99 Å². The Labute approximate surface area is 69.9 Å². The van der Waals surface area contributed by atoms with Crippen molar-refractivity contribution in [2.75, 3.05) is 12.3 Å². The Morgan fingerprint density at radius 3 is 2.38 bits per heavy atom. The summed E-state index contributed by atoms with van der Waals surface area (Å²) in [4.78, 5) is 3.92. The van der Waals surface area contributed by atoms with Gasteiger partial charge in [0.25, 0.3) is 0 Å². The molecule has 0 saturated carbocycles. The van der Waals surface area contributed by atoms with E-state index in [1.165, 1.54) is 5.75 Å². The van der Waals surface area contributed by atoms with Crippen LogP contribution in [-0.4, -0.2) is 17.8 Å². The summed E-state index contributed by atoms with van der Waals surface area (Å²) < 4.78 is 0. The standard InChI is InChI=1S/C3H5NS.2ClH.Ti/c1-2-5-3-4-1;;;/h3H,1-2H2;2*1H;/q;;;+2/p-2. The number of halogens is 2. The zero-order valence-corrected chi connectivity index (χ0v) is 7.99. The molecule has 8 heavy (non-hydrogen) atoms. The molecule has 5 heteroatoms. The van der Waals surface area contributed by atoms with E-state index in [9.17, 15) is 0 Å². The fourth-order valence-electron chi connectivity index (χ4n) is 0.264. The molecule has 0 unspecified atom stereocenters. The molecule has 0 aromatic rings. The van der Waals surface area contributed by atoms with Gasteiger partial charge in [-0.15, -0.1) is 11.8 Å². The van der Waals surface area contributed by atoms with Gasteiger partial charge in [-0.05, 0) is 0 Å². The summed E-state index contributed by atoms with van der Waals surface area (Å²) in [6.07, 6.45) is 0. The van der Waals surface area contributed by atoms with E-state index in [-0.39, 0.29) is 0 Å². The molecule has 0 aliphatic carbocycles. The molecule has 1 rings (SSSR count). The Kier molecular flexibility index (Phi) is 9.68. The third kappa shape index (κ3) is 7.31. The molecular weight excluding hydrogens is 201 g/mol. The SMILES string of the molecule is C1=NCCS1.[Cl][Ti][Cl]. The molecule has 0 saturated heterocycles. The van der Waals surface area contributed by atoms with E-state index in [0.29, 0.717) is 0 Å². The Morgan fingerprint density at radius 1 is 1.62 bits per heavy atom. The monoisotopic (exact) mass is 205 g/mol. The molecule has 0 aromatic heterocycles. The summed E-state index contributed by atoms with van der Waals surface area (Å²) in [5, 5.41) is 0. The number of hydrogen-bond acceptors (Lipinski definition) is 2. The summed E-state index contributed by atoms with van der Waals surface area (Å²) >= 11 is 1.23. The third-order valence-corrected chi connectivity index (χ3v) is 1.20. The van der Waals surface area contributed by atoms with Crippen molar-refractivity contribution in [2.45, 2.75) is 0 Å². The zero-order chi connectivity index (χ0) is 6.24. The van der Waals surface area contributed by atoms with E-state index in [0.717, 1.165) is 6.54 Å². The molecule has 0 atom stereocenters. The normalized spacial score (nSPS) is 14.8. The van der Waals surface area contributed by atoms with E-state index in [2.05, 4.69) is 4.99 Å². The van der Waals surface area contributed by atoms with Crippen molar-refractivity contribution in [3.05, 3.63) is 0 Å². The molecular formula is C3H5Cl2NSTi. The molecule has 1 heterocycles. The van der Waals surface area contributed by atoms with Crippen molar-refractivity contribution in [1.29, 1.82) is 0 Å². The number of rotatable bonds is 0. The van der Waals surface area contributed by atoms with E-state index < -0.39 is 17.0 Å². The van der Waals surface area contributed by atoms with Crippen LogP contribution in [0.2, 0.25) is 0 Å². The summed E-state index contributed by atoms with van der Waals surface area (Å²) in [6, 6.07) is 0. The molecule has 0 fully saturated rings. The fourth-order valence-corrected chi connectivity index (χ4v) is 0.791. The minimum absolute atomic E-state index is 0.556. The molecule has 0 radical (unpaired) electrons. The van der Waals surface area contributed by atoms with Crippen molar-refractivity contribution in [1.82, 2.24) is 0 Å². The number of hydrogen-bond donors (Lipinski definition) is 0. The molecule has 1 nitrogen and oxygen atoms in total. The van der Waals surface area contributed by atoms with Gasteiger partial charge >= 0.3 is 35.6 Å². The van der Waals surface area contributed by atoms with Crippen molar-refractivity contribution < 1.29 is 17.0 Å². The molecule has 0 N–H and O–H groups in total. The number of nitrogens with zero attached hydrogens (tertiary/aromatic N) is 1. The van der Waals surface area contributed by atoms with Crippen LogP contribution in [0.5, 0.6) is 0 Å². The van der Waals surface area contributed by atoms with Crippen molar-refractivity contribution in [3.8, 4) is 0 Å². The number of thioether (sulfide) groups is 1. The molecule has 0 aromatic carbocycles. The quantitative estimate of drug-likeness (QED) is 0.553. The molecule has 1 aliphatic heterocycles. The summed E-state index contributed by atoms with van der Waals surface area (Å²) in [5.41, 5.74) is 1.90. The first-order valence-electron chi connectivity index (χ1n) is 1.98. The van der Waals surface area contributed by atoms with E-state index in [1.807, 2.05) is 5.55 Å². The minimum atomic E-state index is -0.556. The first kappa shape index (κ1) is 9.31. The van der Waals surface area contributed by atoms with Crippen LogP contribution in [0.1, 0.15) is 0 Å². The predicted molar refractivity (Wildman–Crippen MR) is 37.5 cm³/mol. The predicted octanol–water partition coefficient (Wildman–Crippen LogP) is 2.14. The maximum absolute atomic E-state index is 4.89. The van der Waals surface area contributed by atoms with E-state index in [1.54, 1.807) is 11.8 Å². The van der Waals surface area contributed by atoms with Crippen LogP contribution in [0.25, 0.3) is 0 Å². The first-order chi connectivity index (χ1) is 3.91. The van der Waals surface area contributed by atoms with Gasteiger partial charge in [0, 0.05) is 12.3 Å². The van der Waals surface area contributed by atoms with Crippen LogP contribution in [0.4, 0.5) is 0 Å². The Balaban J connectivity index is 0.000000145. The van der Waals surface area contributed by atoms with Gasteiger partial charge in [0.2, 0.25) is 0 Å². The van der Waals surface area contributed by atoms with Gasteiger partial charge in [-0.2, -0.15) is 0 Å². The second kappa shape index (κ2) is 8.31.